The third-order valence-electron chi connectivity index (χ3n) is 9.35. The van der Waals surface area contributed by atoms with Gasteiger partial charge in [0.1, 0.15) is 11.5 Å². The minimum atomic E-state index is 0.0137. The number of nitrogens with one attached hydrogen (secondary N) is 1. The van der Waals surface area contributed by atoms with E-state index in [2.05, 4.69) is 49.6 Å². The summed E-state index contributed by atoms with van der Waals surface area (Å²) in [6.45, 7) is 9.39. The van der Waals surface area contributed by atoms with Crippen LogP contribution in [-0.4, -0.2) is 80.9 Å². The first kappa shape index (κ1) is 31.9. The summed E-state index contributed by atoms with van der Waals surface area (Å²) in [6, 6.07) is 22.0. The number of pyridine rings is 1. The average molecular weight is 633 g/mol. The van der Waals surface area contributed by atoms with Gasteiger partial charge in [-0.2, -0.15) is 4.48 Å². The van der Waals surface area contributed by atoms with E-state index in [4.69, 9.17) is 4.99 Å². The van der Waals surface area contributed by atoms with Crippen LogP contribution in [0.1, 0.15) is 52.9 Å². The van der Waals surface area contributed by atoms with Crippen LogP contribution in [0.3, 0.4) is 0 Å². The van der Waals surface area contributed by atoms with E-state index < -0.39 is 0 Å². The fourth-order valence-electron chi connectivity index (χ4n) is 6.72. The molecule has 0 aliphatic carbocycles. The molecule has 4 aromatic rings. The second-order valence-electron chi connectivity index (χ2n) is 12.0. The standard InChI is InChI=1S/C36H42N9O2/c1-4-6-14-33-38-26(3)29(19-20-34(46)44-24-22-43(23-25-44)32-13-9-10-21-37-32)36(47)45(33,5-2)28-17-15-27(16-18-28)30-11-7-8-12-31(30)35-39-41-42-40-35/h7-13,15-18,21H,4-6,14,19-20,22-25H2,1-3H3,(H,39,40,41,42)/q+1. The van der Waals surface area contributed by atoms with Gasteiger partial charge >= 0.3 is 5.91 Å². The Labute approximate surface area is 275 Å². The summed E-state index contributed by atoms with van der Waals surface area (Å²) >= 11 is 0. The van der Waals surface area contributed by atoms with E-state index >= 15 is 0 Å². The molecule has 47 heavy (non-hydrogen) atoms. The number of aromatic nitrogens is 5. The van der Waals surface area contributed by atoms with Gasteiger partial charge in [0, 0.05) is 62.9 Å². The number of aliphatic imine (C=N–C) groups is 1. The maximum atomic E-state index is 14.7. The quantitative estimate of drug-likeness (QED) is 0.208. The second kappa shape index (κ2) is 14.2. The van der Waals surface area contributed by atoms with E-state index in [1.165, 1.54) is 0 Å². The van der Waals surface area contributed by atoms with Crippen LogP contribution >= 0.6 is 0 Å². The number of H-pyrrole nitrogens is 1. The lowest BCUT2D eigenvalue weighted by Gasteiger charge is -2.38. The maximum absolute atomic E-state index is 14.7. The van der Waals surface area contributed by atoms with Gasteiger partial charge in [-0.25, -0.2) is 19.9 Å². The van der Waals surface area contributed by atoms with Crippen LogP contribution in [0.2, 0.25) is 0 Å². The summed E-state index contributed by atoms with van der Waals surface area (Å²) in [6.07, 6.45) is 5.10. The van der Waals surface area contributed by atoms with Crippen LogP contribution in [0, 0.1) is 0 Å². The molecule has 2 aromatic heterocycles. The molecule has 2 aromatic carbocycles. The van der Waals surface area contributed by atoms with Crippen molar-refractivity contribution >= 4 is 29.2 Å². The van der Waals surface area contributed by atoms with Crippen LogP contribution in [0.25, 0.3) is 22.5 Å². The predicted octanol–water partition coefficient (Wildman–Crippen LogP) is 5.79. The van der Waals surface area contributed by atoms with E-state index in [1.54, 1.807) is 6.20 Å². The number of likely N-dealkylation sites (N-methyl/N-ethyl adjacent to an activating group) is 1. The number of benzene rings is 2. The van der Waals surface area contributed by atoms with Crippen LogP contribution in [0.4, 0.5) is 11.5 Å². The number of aromatic amines is 1. The number of nitrogens with zero attached hydrogens (tertiary/aromatic N) is 8. The number of anilines is 1. The van der Waals surface area contributed by atoms with Crippen LogP contribution < -0.4 is 9.38 Å². The van der Waals surface area contributed by atoms with Crippen molar-refractivity contribution in [3.8, 4) is 22.5 Å². The molecule has 0 bridgehead atoms. The Hall–Kier alpha value is -5.03. The molecule has 1 N–H and O–H groups in total. The van der Waals surface area contributed by atoms with Crippen LogP contribution in [0.5, 0.6) is 0 Å². The first-order valence-corrected chi connectivity index (χ1v) is 16.5. The van der Waals surface area contributed by atoms with Crippen molar-refractivity contribution in [2.45, 2.75) is 52.9 Å². The van der Waals surface area contributed by atoms with Gasteiger partial charge in [-0.15, -0.1) is 5.10 Å². The van der Waals surface area contributed by atoms with Crippen molar-refractivity contribution in [3.05, 3.63) is 84.2 Å². The van der Waals surface area contributed by atoms with Crippen LogP contribution in [-0.2, 0) is 9.59 Å². The Kier molecular flexibility index (Phi) is 9.63. The Bertz CT molecular complexity index is 1760. The fourth-order valence-corrected chi connectivity index (χ4v) is 6.72. The summed E-state index contributed by atoms with van der Waals surface area (Å²) < 4.78 is 0.0393. The number of tetrazole rings is 1. The molecule has 0 radical (unpaired) electrons. The second-order valence-corrected chi connectivity index (χ2v) is 12.0. The van der Waals surface area contributed by atoms with Gasteiger partial charge in [-0.3, -0.25) is 4.79 Å². The Morgan fingerprint density at radius 3 is 2.32 bits per heavy atom. The Balaban J connectivity index is 1.23. The van der Waals surface area contributed by atoms with Gasteiger partial charge in [-0.05, 0) is 72.5 Å². The summed E-state index contributed by atoms with van der Waals surface area (Å²) in [4.78, 5) is 41.7. The molecule has 4 heterocycles. The Morgan fingerprint density at radius 1 is 0.915 bits per heavy atom. The molecule has 1 saturated heterocycles. The van der Waals surface area contributed by atoms with E-state index in [0.29, 0.717) is 37.5 Å². The SMILES string of the molecule is CCCCC1=NC(C)=C(CCC(=O)N2CCN(c3ccccn3)CC2)C(=O)[N+]1(CC)c1ccc(-c2ccccc2-c2nnn[nH]2)cc1. The number of carbonyl (C=O) groups excluding carboxylic acids is 2. The van der Waals surface area contributed by atoms with E-state index in [1.807, 2.05) is 73.3 Å². The van der Waals surface area contributed by atoms with Gasteiger partial charge < -0.3 is 9.80 Å². The molecule has 1 unspecified atom stereocenters. The highest BCUT2D eigenvalue weighted by Crippen LogP contribution is 2.37. The fraction of sp³-hybridized carbons (Fsp3) is 0.361. The highest BCUT2D eigenvalue weighted by molar-refractivity contribution is 6.19. The molecule has 242 valence electrons. The largest absolute Gasteiger partial charge is 0.354 e. The topological polar surface area (TPSA) is 120 Å². The van der Waals surface area contributed by atoms with Crippen molar-refractivity contribution < 1.29 is 9.59 Å². The number of carbonyl (C=O) groups is 2. The smallest absolute Gasteiger partial charge is 0.353 e. The molecule has 2 aliphatic heterocycles. The van der Waals surface area contributed by atoms with Crippen molar-refractivity contribution in [2.24, 2.45) is 4.99 Å². The molecule has 11 nitrogen and oxygen atoms in total. The summed E-state index contributed by atoms with van der Waals surface area (Å²) in [7, 11) is 0. The normalized spacial score (nSPS) is 18.4. The van der Waals surface area contributed by atoms with E-state index in [0.717, 1.165) is 72.1 Å². The van der Waals surface area contributed by atoms with Gasteiger partial charge in [0.05, 0.1) is 17.8 Å². The molecule has 2 amide bonds. The van der Waals surface area contributed by atoms with Gasteiger partial charge in [0.2, 0.25) is 11.7 Å². The molecular weight excluding hydrogens is 590 g/mol. The summed E-state index contributed by atoms with van der Waals surface area (Å²) in [5.74, 6) is 2.47. The third-order valence-corrected chi connectivity index (χ3v) is 9.35. The first-order chi connectivity index (χ1) is 23.0. The summed E-state index contributed by atoms with van der Waals surface area (Å²) in [5, 5.41) is 14.5. The minimum absolute atomic E-state index is 0.0137. The molecule has 6 rings (SSSR count). The monoisotopic (exact) mass is 632 g/mol. The number of quaternary nitrogens is 1. The zero-order valence-corrected chi connectivity index (χ0v) is 27.4. The highest BCUT2D eigenvalue weighted by atomic mass is 16.2. The number of hydrogen-bond donors (Lipinski definition) is 1. The molecule has 0 spiro atoms. The van der Waals surface area contributed by atoms with E-state index in [9.17, 15) is 9.59 Å². The molecule has 0 saturated carbocycles. The lowest BCUT2D eigenvalue weighted by atomic mass is 9.96. The highest BCUT2D eigenvalue weighted by Gasteiger charge is 2.48. The van der Waals surface area contributed by atoms with Crippen molar-refractivity contribution in [1.82, 2.24) is 35.0 Å². The lowest BCUT2D eigenvalue weighted by molar-refractivity contribution is -0.131. The van der Waals surface area contributed by atoms with E-state index in [-0.39, 0.29) is 22.7 Å². The summed E-state index contributed by atoms with van der Waals surface area (Å²) in [5.41, 5.74) is 5.11. The number of rotatable bonds is 11. The van der Waals surface area contributed by atoms with Crippen molar-refractivity contribution in [3.63, 3.8) is 0 Å². The van der Waals surface area contributed by atoms with Gasteiger partial charge in [0.25, 0.3) is 0 Å². The lowest BCUT2D eigenvalue weighted by Crippen LogP contribution is -2.60. The zero-order chi connectivity index (χ0) is 32.8. The molecule has 1 fully saturated rings. The number of amides is 2. The molecular formula is C36H42N9O2+. The molecule has 2 aliphatic rings. The minimum Gasteiger partial charge on any atom is -0.353 e. The average Bonchev–Trinajstić information content (AvgIpc) is 3.67. The number of hydrogen-bond acceptors (Lipinski definition) is 8. The van der Waals surface area contributed by atoms with Gasteiger partial charge in [0.15, 0.2) is 5.82 Å². The van der Waals surface area contributed by atoms with Crippen LogP contribution in [0.15, 0.2) is 89.2 Å². The van der Waals surface area contributed by atoms with Crippen molar-refractivity contribution in [1.29, 1.82) is 0 Å². The third kappa shape index (κ3) is 6.35. The predicted molar refractivity (Wildman–Crippen MR) is 184 cm³/mol. The number of unbranched alkanes of at least 4 members (excludes halogenated alkanes) is 1. The number of amidine groups is 1. The number of piperazine rings is 1. The molecule has 1 atom stereocenters. The first-order valence-electron chi connectivity index (χ1n) is 16.5. The van der Waals surface area contributed by atoms with Gasteiger partial charge in [-0.1, -0.05) is 43.7 Å². The maximum Gasteiger partial charge on any atom is 0.354 e. The molecule has 11 heteroatoms. The zero-order valence-electron chi connectivity index (χ0n) is 27.4. The van der Waals surface area contributed by atoms with Crippen molar-refractivity contribution in [2.75, 3.05) is 37.6 Å². The number of allylic oxidation sites excluding steroid dienone is 1. The Morgan fingerprint density at radius 2 is 1.66 bits per heavy atom.